The highest BCUT2D eigenvalue weighted by Crippen LogP contribution is 2.13. The lowest BCUT2D eigenvalue weighted by atomic mass is 10.1. The predicted molar refractivity (Wildman–Crippen MR) is 92.0 cm³/mol. The van der Waals surface area contributed by atoms with Gasteiger partial charge in [0.05, 0.1) is 0 Å². The van der Waals surface area contributed by atoms with E-state index < -0.39 is 0 Å². The molecule has 21 heavy (non-hydrogen) atoms. The number of carbonyl (C=O) groups excluding carboxylic acids is 1. The maximum atomic E-state index is 11.5. The molecule has 0 saturated carbocycles. The van der Waals surface area contributed by atoms with Crippen molar-refractivity contribution in [2.24, 2.45) is 0 Å². The van der Waals surface area contributed by atoms with Gasteiger partial charge in [-0.25, -0.2) is 0 Å². The Balaban J connectivity index is 3.17. The second-order valence-corrected chi connectivity index (χ2v) is 7.29. The summed E-state index contributed by atoms with van der Waals surface area (Å²) in [5.74, 6) is 0.753. The number of unbranched alkanes of at least 4 members (excludes halogenated alkanes) is 10. The van der Waals surface area contributed by atoms with Crippen LogP contribution in [0.1, 0.15) is 97.8 Å². The molecule has 0 aliphatic rings. The number of hydrogen-bond donors (Lipinski definition) is 0. The van der Waals surface area contributed by atoms with Gasteiger partial charge >= 0.3 is 5.97 Å². The Morgan fingerprint density at radius 2 is 1.14 bits per heavy atom. The summed E-state index contributed by atoms with van der Waals surface area (Å²) in [4.78, 5) is 11.5. The molecule has 0 bridgehead atoms. The first-order valence-corrected chi connectivity index (χ1v) is 9.27. The number of esters is 1. The van der Waals surface area contributed by atoms with Gasteiger partial charge in [0.25, 0.3) is 0 Å². The number of carbonyl (C=O) groups is 1. The first-order valence-electron chi connectivity index (χ1n) is 8.73. The van der Waals surface area contributed by atoms with Crippen molar-refractivity contribution in [3.63, 3.8) is 0 Å². The molecular weight excluding hydrogens is 284 g/mol. The average molecular weight is 319 g/mol. The van der Waals surface area contributed by atoms with Gasteiger partial charge in [0.2, 0.25) is 0 Å². The Morgan fingerprint density at radius 1 is 0.762 bits per heavy atom. The Bertz CT molecular complexity index is 246. The van der Waals surface area contributed by atoms with Gasteiger partial charge in [-0.05, 0) is 33.6 Å². The van der Waals surface area contributed by atoms with E-state index in [2.05, 4.69) is 0 Å². The Hall–Kier alpha value is -0.240. The highest BCUT2D eigenvalue weighted by Gasteiger charge is 2.15. The first-order chi connectivity index (χ1) is 9.95. The SMILES string of the molecule is CC(C)(C)OC(=O)CCCCCCCCCCCCCCl. The van der Waals surface area contributed by atoms with Gasteiger partial charge in [-0.3, -0.25) is 4.79 Å². The fourth-order valence-electron chi connectivity index (χ4n) is 2.35. The first kappa shape index (κ1) is 20.8. The smallest absolute Gasteiger partial charge is 0.306 e. The summed E-state index contributed by atoms with van der Waals surface area (Å²) >= 11 is 5.65. The van der Waals surface area contributed by atoms with Crippen molar-refractivity contribution >= 4 is 17.6 Å². The molecule has 0 aliphatic carbocycles. The van der Waals surface area contributed by atoms with Crippen LogP contribution in [0.25, 0.3) is 0 Å². The zero-order chi connectivity index (χ0) is 16.0. The molecule has 3 heteroatoms. The van der Waals surface area contributed by atoms with Crippen LogP contribution in [0, 0.1) is 0 Å². The predicted octanol–water partition coefficient (Wildman–Crippen LogP) is 6.25. The van der Waals surface area contributed by atoms with Crippen molar-refractivity contribution in [3.8, 4) is 0 Å². The molecule has 0 amide bonds. The van der Waals surface area contributed by atoms with E-state index in [4.69, 9.17) is 16.3 Å². The van der Waals surface area contributed by atoms with Crippen LogP contribution in [0.5, 0.6) is 0 Å². The normalized spacial score (nSPS) is 11.6. The van der Waals surface area contributed by atoms with Crippen LogP contribution in [0.3, 0.4) is 0 Å². The fraction of sp³-hybridized carbons (Fsp3) is 0.944. The monoisotopic (exact) mass is 318 g/mol. The average Bonchev–Trinajstić information content (AvgIpc) is 2.38. The van der Waals surface area contributed by atoms with Crippen molar-refractivity contribution in [2.45, 2.75) is 103 Å². The summed E-state index contributed by atoms with van der Waals surface area (Å²) in [6.45, 7) is 5.75. The van der Waals surface area contributed by atoms with E-state index in [1.165, 1.54) is 57.8 Å². The zero-order valence-corrected chi connectivity index (χ0v) is 15.1. The molecule has 126 valence electrons. The number of hydrogen-bond acceptors (Lipinski definition) is 2. The van der Waals surface area contributed by atoms with Crippen LogP contribution in [-0.4, -0.2) is 17.5 Å². The molecule has 0 heterocycles. The van der Waals surface area contributed by atoms with E-state index in [1.807, 2.05) is 20.8 Å². The molecule has 0 aliphatic heterocycles. The topological polar surface area (TPSA) is 26.3 Å². The van der Waals surface area contributed by atoms with Crippen molar-refractivity contribution in [1.29, 1.82) is 0 Å². The Labute approximate surface area is 137 Å². The van der Waals surface area contributed by atoms with E-state index in [0.717, 1.165) is 18.7 Å². The number of ether oxygens (including phenoxy) is 1. The quantitative estimate of drug-likeness (QED) is 0.228. The Kier molecular flexibility index (Phi) is 13.3. The number of rotatable bonds is 13. The third-order valence-corrected chi connectivity index (χ3v) is 3.70. The highest BCUT2D eigenvalue weighted by molar-refractivity contribution is 6.17. The van der Waals surface area contributed by atoms with E-state index in [-0.39, 0.29) is 11.6 Å². The van der Waals surface area contributed by atoms with Gasteiger partial charge in [-0.2, -0.15) is 0 Å². The summed E-state index contributed by atoms with van der Waals surface area (Å²) in [6, 6.07) is 0. The third kappa shape index (κ3) is 17.7. The number of alkyl halides is 1. The molecule has 0 aromatic heterocycles. The van der Waals surface area contributed by atoms with E-state index in [9.17, 15) is 4.79 Å². The van der Waals surface area contributed by atoms with Crippen molar-refractivity contribution in [1.82, 2.24) is 0 Å². The maximum Gasteiger partial charge on any atom is 0.306 e. The second kappa shape index (κ2) is 13.4. The van der Waals surface area contributed by atoms with Crippen LogP contribution >= 0.6 is 11.6 Å². The van der Waals surface area contributed by atoms with Gasteiger partial charge in [-0.1, -0.05) is 57.8 Å². The minimum Gasteiger partial charge on any atom is -0.460 e. The molecule has 0 radical (unpaired) electrons. The summed E-state index contributed by atoms with van der Waals surface area (Å²) in [7, 11) is 0. The van der Waals surface area contributed by atoms with E-state index in [1.54, 1.807) is 0 Å². The molecule has 0 unspecified atom stereocenters. The van der Waals surface area contributed by atoms with Crippen LogP contribution in [-0.2, 0) is 9.53 Å². The molecule has 0 fully saturated rings. The largest absolute Gasteiger partial charge is 0.460 e. The Morgan fingerprint density at radius 3 is 1.52 bits per heavy atom. The van der Waals surface area contributed by atoms with Gasteiger partial charge in [0, 0.05) is 12.3 Å². The molecule has 0 atom stereocenters. The minimum absolute atomic E-state index is 0.0561. The second-order valence-electron chi connectivity index (χ2n) is 6.91. The standard InChI is InChI=1S/C18H35ClO2/c1-18(2,3)21-17(20)15-13-11-9-7-5-4-6-8-10-12-14-16-19/h4-16H2,1-3H3. The van der Waals surface area contributed by atoms with Gasteiger partial charge in [0.15, 0.2) is 0 Å². The summed E-state index contributed by atoms with van der Waals surface area (Å²) in [6.07, 6.45) is 14.4. The van der Waals surface area contributed by atoms with Gasteiger partial charge < -0.3 is 4.74 Å². The van der Waals surface area contributed by atoms with Crippen LogP contribution in [0.15, 0.2) is 0 Å². The fourth-order valence-corrected chi connectivity index (χ4v) is 2.54. The molecular formula is C18H35ClO2. The lowest BCUT2D eigenvalue weighted by Crippen LogP contribution is -2.23. The molecule has 0 spiro atoms. The van der Waals surface area contributed by atoms with Gasteiger partial charge in [-0.15, -0.1) is 11.6 Å². The van der Waals surface area contributed by atoms with Crippen molar-refractivity contribution < 1.29 is 9.53 Å². The third-order valence-electron chi connectivity index (χ3n) is 3.43. The number of halogens is 1. The molecule has 0 N–H and O–H groups in total. The summed E-state index contributed by atoms with van der Waals surface area (Å²) in [5, 5.41) is 0. The van der Waals surface area contributed by atoms with Crippen molar-refractivity contribution in [2.75, 3.05) is 5.88 Å². The lowest BCUT2D eigenvalue weighted by molar-refractivity contribution is -0.154. The minimum atomic E-state index is -0.346. The van der Waals surface area contributed by atoms with Crippen LogP contribution in [0.2, 0.25) is 0 Å². The van der Waals surface area contributed by atoms with Crippen LogP contribution < -0.4 is 0 Å². The maximum absolute atomic E-state index is 11.5. The van der Waals surface area contributed by atoms with Crippen LogP contribution in [0.4, 0.5) is 0 Å². The molecule has 0 aromatic carbocycles. The molecule has 0 aromatic rings. The summed E-state index contributed by atoms with van der Waals surface area (Å²) in [5.41, 5.74) is -0.346. The van der Waals surface area contributed by atoms with Gasteiger partial charge in [0.1, 0.15) is 5.60 Å². The van der Waals surface area contributed by atoms with E-state index >= 15 is 0 Å². The summed E-state index contributed by atoms with van der Waals surface area (Å²) < 4.78 is 5.29. The molecule has 0 saturated heterocycles. The lowest BCUT2D eigenvalue weighted by Gasteiger charge is -2.19. The van der Waals surface area contributed by atoms with E-state index in [0.29, 0.717) is 6.42 Å². The molecule has 2 nitrogen and oxygen atoms in total. The zero-order valence-electron chi connectivity index (χ0n) is 14.4. The highest BCUT2D eigenvalue weighted by atomic mass is 35.5. The molecule has 0 rings (SSSR count). The van der Waals surface area contributed by atoms with Crippen molar-refractivity contribution in [3.05, 3.63) is 0 Å².